The quantitative estimate of drug-likeness (QED) is 0.704. The molecule has 2 heterocycles. The maximum absolute atomic E-state index is 4.44. The zero-order valence-electron chi connectivity index (χ0n) is 9.73. The number of nitrogens with zero attached hydrogens (tertiary/aromatic N) is 3. The Morgan fingerprint density at radius 3 is 2.76 bits per heavy atom. The summed E-state index contributed by atoms with van der Waals surface area (Å²) in [5.41, 5.74) is 2.14. The average molecular weight is 227 g/mol. The van der Waals surface area contributed by atoms with Crippen molar-refractivity contribution in [1.29, 1.82) is 0 Å². The molecule has 0 aliphatic rings. The van der Waals surface area contributed by atoms with Crippen LogP contribution >= 0.6 is 0 Å². The van der Waals surface area contributed by atoms with E-state index in [0.717, 1.165) is 22.3 Å². The van der Waals surface area contributed by atoms with Crippen LogP contribution in [0.5, 0.6) is 0 Å². The van der Waals surface area contributed by atoms with Crippen LogP contribution in [0.25, 0.3) is 22.3 Å². The molecule has 1 aromatic carbocycles. The first-order valence-corrected chi connectivity index (χ1v) is 5.42. The Morgan fingerprint density at radius 2 is 2.00 bits per heavy atom. The molecule has 0 spiro atoms. The highest BCUT2D eigenvalue weighted by atomic mass is 15.3. The third-order valence-electron chi connectivity index (χ3n) is 2.72. The SMILES string of the molecule is CN(C)c1n[nH]c(-c2c[nH]c3ccccc23)n1. The lowest BCUT2D eigenvalue weighted by atomic mass is 10.2. The van der Waals surface area contributed by atoms with Crippen LogP contribution in [0.1, 0.15) is 0 Å². The molecule has 0 bridgehead atoms. The summed E-state index contributed by atoms with van der Waals surface area (Å²) >= 11 is 0. The second-order valence-corrected chi connectivity index (χ2v) is 4.13. The van der Waals surface area contributed by atoms with Gasteiger partial charge in [-0.15, -0.1) is 5.10 Å². The van der Waals surface area contributed by atoms with Gasteiger partial charge in [-0.3, -0.25) is 5.10 Å². The van der Waals surface area contributed by atoms with E-state index >= 15 is 0 Å². The van der Waals surface area contributed by atoms with Crippen molar-refractivity contribution in [3.8, 4) is 11.4 Å². The highest BCUT2D eigenvalue weighted by Crippen LogP contribution is 2.26. The van der Waals surface area contributed by atoms with E-state index < -0.39 is 0 Å². The van der Waals surface area contributed by atoms with E-state index in [1.165, 1.54) is 0 Å². The molecule has 2 N–H and O–H groups in total. The molecule has 0 fully saturated rings. The summed E-state index contributed by atoms with van der Waals surface area (Å²) in [6.07, 6.45) is 1.95. The number of hydrogen-bond donors (Lipinski definition) is 2. The minimum absolute atomic E-state index is 0.685. The zero-order valence-corrected chi connectivity index (χ0v) is 9.73. The topological polar surface area (TPSA) is 60.6 Å². The van der Waals surface area contributed by atoms with Crippen molar-refractivity contribution in [2.24, 2.45) is 0 Å². The first kappa shape index (κ1) is 9.89. The monoisotopic (exact) mass is 227 g/mol. The van der Waals surface area contributed by atoms with Gasteiger partial charge in [0, 0.05) is 36.8 Å². The highest BCUT2D eigenvalue weighted by molar-refractivity contribution is 5.93. The molecule has 0 saturated heterocycles. The van der Waals surface area contributed by atoms with E-state index in [9.17, 15) is 0 Å². The summed E-state index contributed by atoms with van der Waals surface area (Å²) in [6, 6.07) is 8.14. The molecule has 3 rings (SSSR count). The molecular weight excluding hydrogens is 214 g/mol. The maximum atomic E-state index is 4.44. The average Bonchev–Trinajstić information content (AvgIpc) is 2.95. The summed E-state index contributed by atoms with van der Waals surface area (Å²) in [7, 11) is 3.84. The van der Waals surface area contributed by atoms with Crippen LogP contribution in [-0.2, 0) is 0 Å². The number of rotatable bonds is 2. The predicted molar refractivity (Wildman–Crippen MR) is 68.0 cm³/mol. The summed E-state index contributed by atoms with van der Waals surface area (Å²) < 4.78 is 0. The van der Waals surface area contributed by atoms with Crippen LogP contribution in [0.2, 0.25) is 0 Å². The Bertz CT molecular complexity index is 650. The number of hydrogen-bond acceptors (Lipinski definition) is 3. The molecule has 0 radical (unpaired) electrons. The van der Waals surface area contributed by atoms with Gasteiger partial charge in [-0.25, -0.2) is 0 Å². The lowest BCUT2D eigenvalue weighted by Gasteiger charge is -2.03. The molecule has 0 aliphatic carbocycles. The van der Waals surface area contributed by atoms with E-state index in [4.69, 9.17) is 0 Å². The van der Waals surface area contributed by atoms with Gasteiger partial charge < -0.3 is 9.88 Å². The van der Waals surface area contributed by atoms with Crippen LogP contribution in [-0.4, -0.2) is 34.3 Å². The zero-order chi connectivity index (χ0) is 11.8. The van der Waals surface area contributed by atoms with Crippen LogP contribution < -0.4 is 4.90 Å². The molecular formula is C12H13N5. The lowest BCUT2D eigenvalue weighted by molar-refractivity contribution is 0.999. The Hall–Kier alpha value is -2.30. The minimum Gasteiger partial charge on any atom is -0.360 e. The van der Waals surface area contributed by atoms with Crippen molar-refractivity contribution in [1.82, 2.24) is 20.2 Å². The lowest BCUT2D eigenvalue weighted by Crippen LogP contribution is -2.10. The summed E-state index contributed by atoms with van der Waals surface area (Å²) in [4.78, 5) is 9.54. The van der Waals surface area contributed by atoms with E-state index in [2.05, 4.69) is 26.2 Å². The molecule has 0 atom stereocenters. The second kappa shape index (κ2) is 3.62. The molecule has 5 nitrogen and oxygen atoms in total. The summed E-state index contributed by atoms with van der Waals surface area (Å²) in [5.74, 6) is 1.47. The number of nitrogens with one attached hydrogen (secondary N) is 2. The van der Waals surface area contributed by atoms with Gasteiger partial charge in [-0.2, -0.15) is 4.98 Å². The van der Waals surface area contributed by atoms with Crippen molar-refractivity contribution < 1.29 is 0 Å². The van der Waals surface area contributed by atoms with Crippen molar-refractivity contribution in [3.63, 3.8) is 0 Å². The van der Waals surface area contributed by atoms with Crippen molar-refractivity contribution in [2.45, 2.75) is 0 Å². The number of benzene rings is 1. The highest BCUT2D eigenvalue weighted by Gasteiger charge is 2.10. The number of para-hydroxylation sites is 1. The molecule has 0 saturated carbocycles. The fourth-order valence-electron chi connectivity index (χ4n) is 1.84. The molecule has 2 aromatic heterocycles. The Morgan fingerprint density at radius 1 is 1.18 bits per heavy atom. The molecule has 0 aliphatic heterocycles. The number of aromatic nitrogens is 4. The third kappa shape index (κ3) is 1.56. The van der Waals surface area contributed by atoms with E-state index in [-0.39, 0.29) is 0 Å². The third-order valence-corrected chi connectivity index (χ3v) is 2.72. The fraction of sp³-hybridized carbons (Fsp3) is 0.167. The standard InChI is InChI=1S/C12H13N5/c1-17(2)12-14-11(15-16-12)9-7-13-10-6-4-3-5-8(9)10/h3-7,13H,1-2H3,(H,14,15,16). The Labute approximate surface area is 98.5 Å². The van der Waals surface area contributed by atoms with Gasteiger partial charge in [0.2, 0.25) is 5.95 Å². The van der Waals surface area contributed by atoms with E-state index in [1.807, 2.05) is 43.4 Å². The molecule has 0 unspecified atom stereocenters. The van der Waals surface area contributed by atoms with Crippen LogP contribution in [0, 0.1) is 0 Å². The van der Waals surface area contributed by atoms with Crippen LogP contribution in [0.4, 0.5) is 5.95 Å². The summed E-state index contributed by atoms with van der Waals surface area (Å²) in [5, 5.41) is 8.26. The van der Waals surface area contributed by atoms with Crippen LogP contribution in [0.15, 0.2) is 30.5 Å². The van der Waals surface area contributed by atoms with Gasteiger partial charge in [0.25, 0.3) is 0 Å². The molecule has 3 aromatic rings. The first-order valence-electron chi connectivity index (χ1n) is 5.42. The summed E-state index contributed by atoms with van der Waals surface area (Å²) in [6.45, 7) is 0. The number of anilines is 1. The van der Waals surface area contributed by atoms with Gasteiger partial charge in [0.05, 0.1) is 0 Å². The number of fused-ring (bicyclic) bond motifs is 1. The van der Waals surface area contributed by atoms with Crippen molar-refractivity contribution in [3.05, 3.63) is 30.5 Å². The predicted octanol–water partition coefficient (Wildman–Crippen LogP) is 2.02. The first-order chi connectivity index (χ1) is 8.25. The number of H-pyrrole nitrogens is 2. The van der Waals surface area contributed by atoms with Gasteiger partial charge in [-0.1, -0.05) is 18.2 Å². The van der Waals surface area contributed by atoms with Gasteiger partial charge in [0.1, 0.15) is 0 Å². The number of aromatic amines is 2. The molecule has 5 heteroatoms. The fourth-order valence-corrected chi connectivity index (χ4v) is 1.84. The second-order valence-electron chi connectivity index (χ2n) is 4.13. The Balaban J connectivity index is 2.14. The maximum Gasteiger partial charge on any atom is 0.244 e. The van der Waals surface area contributed by atoms with Crippen molar-refractivity contribution >= 4 is 16.9 Å². The smallest absolute Gasteiger partial charge is 0.244 e. The Kier molecular flexibility index (Phi) is 2.11. The van der Waals surface area contributed by atoms with E-state index in [0.29, 0.717) is 5.95 Å². The normalized spacial score (nSPS) is 10.9. The van der Waals surface area contributed by atoms with E-state index in [1.54, 1.807) is 0 Å². The molecule has 0 amide bonds. The van der Waals surface area contributed by atoms with Gasteiger partial charge in [0.15, 0.2) is 5.82 Å². The van der Waals surface area contributed by atoms with Gasteiger partial charge >= 0.3 is 0 Å². The largest absolute Gasteiger partial charge is 0.360 e. The molecule has 17 heavy (non-hydrogen) atoms. The van der Waals surface area contributed by atoms with Gasteiger partial charge in [-0.05, 0) is 6.07 Å². The van der Waals surface area contributed by atoms with Crippen LogP contribution in [0.3, 0.4) is 0 Å². The molecule has 86 valence electrons. The van der Waals surface area contributed by atoms with Crippen molar-refractivity contribution in [2.75, 3.05) is 19.0 Å². The minimum atomic E-state index is 0.685.